The molecule has 1 N–H and O–H groups in total. The number of thiocarbonyl (C=S) groups is 1. The summed E-state index contributed by atoms with van der Waals surface area (Å²) in [5.41, 5.74) is 0. The third-order valence-electron chi connectivity index (χ3n) is 2.65. The zero-order valence-electron chi connectivity index (χ0n) is 12.4. The lowest BCUT2D eigenvalue weighted by Gasteiger charge is -2.28. The van der Waals surface area contributed by atoms with Crippen LogP contribution in [0.15, 0.2) is 0 Å². The second kappa shape index (κ2) is 8.73. The topological polar surface area (TPSA) is 15.3 Å². The van der Waals surface area contributed by atoms with Crippen LogP contribution in [-0.2, 0) is 0 Å². The Morgan fingerprint density at radius 1 is 0.941 bits per heavy atom. The first-order valence-electron chi connectivity index (χ1n) is 6.88. The Morgan fingerprint density at radius 3 is 1.65 bits per heavy atom. The van der Waals surface area contributed by atoms with E-state index in [0.29, 0.717) is 6.04 Å². The maximum atomic E-state index is 5.47. The highest BCUT2D eigenvalue weighted by Gasteiger charge is 2.11. The molecule has 0 spiro atoms. The number of rotatable bonds is 7. The number of hydrogen-bond donors (Lipinski definition) is 1. The molecule has 0 aliphatic heterocycles. The van der Waals surface area contributed by atoms with Crippen molar-refractivity contribution in [1.29, 1.82) is 0 Å². The van der Waals surface area contributed by atoms with Crippen molar-refractivity contribution in [2.45, 2.75) is 60.4 Å². The van der Waals surface area contributed by atoms with Crippen molar-refractivity contribution in [2.75, 3.05) is 13.1 Å². The molecule has 102 valence electrons. The molecule has 0 aliphatic carbocycles. The predicted octanol–water partition coefficient (Wildman–Crippen LogP) is 3.66. The first-order chi connectivity index (χ1) is 7.82. The van der Waals surface area contributed by atoms with Crippen LogP contribution in [0.25, 0.3) is 0 Å². The summed E-state index contributed by atoms with van der Waals surface area (Å²) in [5.74, 6) is 1.47. The fourth-order valence-corrected chi connectivity index (χ4v) is 1.90. The van der Waals surface area contributed by atoms with Crippen molar-refractivity contribution < 1.29 is 0 Å². The molecular formula is C14H30N2S. The van der Waals surface area contributed by atoms with E-state index in [9.17, 15) is 0 Å². The van der Waals surface area contributed by atoms with Crippen LogP contribution in [0.5, 0.6) is 0 Å². The van der Waals surface area contributed by atoms with Crippen molar-refractivity contribution >= 4 is 17.3 Å². The van der Waals surface area contributed by atoms with Crippen molar-refractivity contribution in [3.63, 3.8) is 0 Å². The summed E-state index contributed by atoms with van der Waals surface area (Å²) in [6.45, 7) is 15.5. The Hall–Kier alpha value is -0.310. The minimum atomic E-state index is 0.420. The second-order valence-corrected chi connectivity index (χ2v) is 6.34. The molecule has 0 aromatic heterocycles. The Labute approximate surface area is 113 Å². The summed E-state index contributed by atoms with van der Waals surface area (Å²) in [5, 5.41) is 4.27. The molecule has 0 bridgehead atoms. The largest absolute Gasteiger partial charge is 0.360 e. The molecule has 0 amide bonds. The standard InChI is InChI=1S/C14H30N2S/c1-11(2)7-9-16(10-8-12(3)4)14(17)15-13(5)6/h11-13H,7-10H2,1-6H3,(H,15,17). The highest BCUT2D eigenvalue weighted by atomic mass is 32.1. The molecule has 0 rings (SSSR count). The molecule has 0 radical (unpaired) electrons. The minimum Gasteiger partial charge on any atom is -0.360 e. The van der Waals surface area contributed by atoms with Crippen LogP contribution < -0.4 is 5.32 Å². The van der Waals surface area contributed by atoms with Gasteiger partial charge in [0.2, 0.25) is 0 Å². The van der Waals surface area contributed by atoms with E-state index >= 15 is 0 Å². The fraction of sp³-hybridized carbons (Fsp3) is 0.929. The molecule has 0 aromatic carbocycles. The molecule has 0 atom stereocenters. The van der Waals surface area contributed by atoms with Gasteiger partial charge in [-0.1, -0.05) is 27.7 Å². The molecule has 0 fully saturated rings. The molecule has 0 heterocycles. The van der Waals surface area contributed by atoms with Gasteiger partial charge in [0.15, 0.2) is 5.11 Å². The van der Waals surface area contributed by atoms with Gasteiger partial charge in [-0.2, -0.15) is 0 Å². The fourth-order valence-electron chi connectivity index (χ4n) is 1.48. The highest BCUT2D eigenvalue weighted by molar-refractivity contribution is 7.80. The van der Waals surface area contributed by atoms with Gasteiger partial charge in [-0.15, -0.1) is 0 Å². The van der Waals surface area contributed by atoms with E-state index in [1.165, 1.54) is 12.8 Å². The third-order valence-corrected chi connectivity index (χ3v) is 3.03. The Bertz CT molecular complexity index is 200. The summed E-state index contributed by atoms with van der Waals surface area (Å²) in [6, 6.07) is 0.420. The summed E-state index contributed by atoms with van der Waals surface area (Å²) in [6.07, 6.45) is 2.41. The van der Waals surface area contributed by atoms with E-state index in [1.807, 2.05) is 0 Å². The number of nitrogens with zero attached hydrogens (tertiary/aromatic N) is 1. The first kappa shape index (κ1) is 16.7. The normalized spacial score (nSPS) is 11.4. The number of hydrogen-bond acceptors (Lipinski definition) is 1. The zero-order valence-corrected chi connectivity index (χ0v) is 13.2. The van der Waals surface area contributed by atoms with E-state index in [0.717, 1.165) is 30.0 Å². The smallest absolute Gasteiger partial charge is 0.169 e. The van der Waals surface area contributed by atoms with Gasteiger partial charge in [0.05, 0.1) is 0 Å². The molecule has 0 saturated heterocycles. The molecule has 17 heavy (non-hydrogen) atoms. The van der Waals surface area contributed by atoms with Crippen LogP contribution in [0.3, 0.4) is 0 Å². The Morgan fingerprint density at radius 2 is 1.35 bits per heavy atom. The lowest BCUT2D eigenvalue weighted by Crippen LogP contribution is -2.44. The van der Waals surface area contributed by atoms with E-state index in [1.54, 1.807) is 0 Å². The first-order valence-corrected chi connectivity index (χ1v) is 7.29. The molecule has 0 unspecified atom stereocenters. The van der Waals surface area contributed by atoms with Crippen LogP contribution in [-0.4, -0.2) is 29.1 Å². The molecule has 2 nitrogen and oxygen atoms in total. The van der Waals surface area contributed by atoms with E-state index < -0.39 is 0 Å². The van der Waals surface area contributed by atoms with Crippen LogP contribution in [0, 0.1) is 11.8 Å². The van der Waals surface area contributed by atoms with Gasteiger partial charge in [-0.25, -0.2) is 0 Å². The van der Waals surface area contributed by atoms with Gasteiger partial charge in [-0.3, -0.25) is 0 Å². The maximum absolute atomic E-state index is 5.47. The van der Waals surface area contributed by atoms with E-state index in [4.69, 9.17) is 12.2 Å². The Balaban J connectivity index is 4.22. The van der Waals surface area contributed by atoms with Crippen molar-refractivity contribution in [3.8, 4) is 0 Å². The van der Waals surface area contributed by atoms with E-state index in [2.05, 4.69) is 51.8 Å². The summed E-state index contributed by atoms with van der Waals surface area (Å²) >= 11 is 5.47. The minimum absolute atomic E-state index is 0.420. The lowest BCUT2D eigenvalue weighted by atomic mass is 10.1. The third kappa shape index (κ3) is 9.40. The van der Waals surface area contributed by atoms with Gasteiger partial charge >= 0.3 is 0 Å². The molecule has 0 aromatic rings. The van der Waals surface area contributed by atoms with Gasteiger partial charge in [0.1, 0.15) is 0 Å². The van der Waals surface area contributed by atoms with Crippen LogP contribution in [0.4, 0.5) is 0 Å². The monoisotopic (exact) mass is 258 g/mol. The second-order valence-electron chi connectivity index (χ2n) is 5.96. The van der Waals surface area contributed by atoms with Crippen LogP contribution in [0.1, 0.15) is 54.4 Å². The van der Waals surface area contributed by atoms with Crippen LogP contribution in [0.2, 0.25) is 0 Å². The van der Waals surface area contributed by atoms with Gasteiger partial charge in [-0.05, 0) is 50.7 Å². The van der Waals surface area contributed by atoms with Crippen LogP contribution >= 0.6 is 12.2 Å². The average molecular weight is 258 g/mol. The van der Waals surface area contributed by atoms with Gasteiger partial charge in [0.25, 0.3) is 0 Å². The predicted molar refractivity (Wildman–Crippen MR) is 81.4 cm³/mol. The Kier molecular flexibility index (Phi) is 8.57. The van der Waals surface area contributed by atoms with Gasteiger partial charge < -0.3 is 10.2 Å². The average Bonchev–Trinajstić information content (AvgIpc) is 2.15. The van der Waals surface area contributed by atoms with E-state index in [-0.39, 0.29) is 0 Å². The summed E-state index contributed by atoms with van der Waals surface area (Å²) < 4.78 is 0. The quantitative estimate of drug-likeness (QED) is 0.702. The van der Waals surface area contributed by atoms with Crippen molar-refractivity contribution in [2.24, 2.45) is 11.8 Å². The summed E-state index contributed by atoms with van der Waals surface area (Å²) in [4.78, 5) is 2.33. The SMILES string of the molecule is CC(C)CCN(CCC(C)C)C(=S)NC(C)C. The number of nitrogens with one attached hydrogen (secondary N) is 1. The van der Waals surface area contributed by atoms with Crippen molar-refractivity contribution in [1.82, 2.24) is 10.2 Å². The van der Waals surface area contributed by atoms with Gasteiger partial charge in [0, 0.05) is 19.1 Å². The molecule has 0 saturated carbocycles. The maximum Gasteiger partial charge on any atom is 0.169 e. The highest BCUT2D eigenvalue weighted by Crippen LogP contribution is 2.07. The molecule has 3 heteroatoms. The lowest BCUT2D eigenvalue weighted by molar-refractivity contribution is 0.347. The molecule has 0 aliphatic rings. The van der Waals surface area contributed by atoms with Crippen molar-refractivity contribution in [3.05, 3.63) is 0 Å². The zero-order chi connectivity index (χ0) is 13.4. The summed E-state index contributed by atoms with van der Waals surface area (Å²) in [7, 11) is 0. The molecular weight excluding hydrogens is 228 g/mol.